The average Bonchev–Trinajstić information content (AvgIpc) is 2.33. The van der Waals surface area contributed by atoms with Gasteiger partial charge in [0.15, 0.2) is 0 Å². The maximum absolute atomic E-state index is 5.75. The normalized spacial score (nSPS) is 25.6. The van der Waals surface area contributed by atoms with Crippen LogP contribution in [-0.2, 0) is 11.2 Å². The van der Waals surface area contributed by atoms with Gasteiger partial charge >= 0.3 is 0 Å². The van der Waals surface area contributed by atoms with Crippen LogP contribution < -0.4 is 5.32 Å². The smallest absolute Gasteiger partial charge is 0.0843 e. The highest BCUT2D eigenvalue weighted by atomic mass is 16.5. The van der Waals surface area contributed by atoms with Crippen molar-refractivity contribution in [1.82, 2.24) is 5.32 Å². The Morgan fingerprint density at radius 3 is 2.62 bits per heavy atom. The lowest BCUT2D eigenvalue weighted by Crippen LogP contribution is -2.48. The molecule has 1 aromatic rings. The number of methoxy groups -OCH3 is 1. The van der Waals surface area contributed by atoms with Crippen LogP contribution in [0.3, 0.4) is 0 Å². The molecule has 2 rings (SSSR count). The Bertz CT molecular complexity index is 325. The molecule has 1 aliphatic heterocycles. The first-order valence-corrected chi connectivity index (χ1v) is 6.06. The van der Waals surface area contributed by atoms with Crippen molar-refractivity contribution in [3.05, 3.63) is 35.4 Å². The topological polar surface area (TPSA) is 21.3 Å². The van der Waals surface area contributed by atoms with Gasteiger partial charge in [-0.15, -0.1) is 0 Å². The van der Waals surface area contributed by atoms with Gasteiger partial charge in [0.25, 0.3) is 0 Å². The van der Waals surface area contributed by atoms with Crippen LogP contribution in [0.4, 0.5) is 0 Å². The van der Waals surface area contributed by atoms with Crippen molar-refractivity contribution >= 4 is 0 Å². The Balaban J connectivity index is 2.08. The van der Waals surface area contributed by atoms with Gasteiger partial charge in [-0.2, -0.15) is 0 Å². The number of rotatable bonds is 3. The Morgan fingerprint density at radius 2 is 2.06 bits per heavy atom. The molecule has 0 aromatic heterocycles. The molecular formula is C14H21NO. The van der Waals surface area contributed by atoms with Crippen molar-refractivity contribution in [2.75, 3.05) is 20.2 Å². The van der Waals surface area contributed by atoms with E-state index in [1.807, 2.05) is 7.11 Å². The van der Waals surface area contributed by atoms with E-state index in [2.05, 4.69) is 36.5 Å². The molecule has 16 heavy (non-hydrogen) atoms. The second-order valence-electron chi connectivity index (χ2n) is 4.83. The molecule has 88 valence electrons. The fraction of sp³-hybridized carbons (Fsp3) is 0.571. The molecule has 1 N–H and O–H groups in total. The second-order valence-corrected chi connectivity index (χ2v) is 4.83. The SMILES string of the molecule is COC1(Cc2ccc(C)cc2)CCCNC1. The number of aryl methyl sites for hydroxylation is 1. The van der Waals surface area contributed by atoms with Gasteiger partial charge in [-0.3, -0.25) is 0 Å². The number of nitrogens with one attached hydrogen (secondary N) is 1. The van der Waals surface area contributed by atoms with E-state index >= 15 is 0 Å². The van der Waals surface area contributed by atoms with E-state index in [0.29, 0.717) is 0 Å². The quantitative estimate of drug-likeness (QED) is 0.842. The van der Waals surface area contributed by atoms with Gasteiger partial charge in [-0.1, -0.05) is 29.8 Å². The lowest BCUT2D eigenvalue weighted by Gasteiger charge is -2.36. The summed E-state index contributed by atoms with van der Waals surface area (Å²) in [4.78, 5) is 0. The van der Waals surface area contributed by atoms with Gasteiger partial charge in [0.2, 0.25) is 0 Å². The van der Waals surface area contributed by atoms with Crippen LogP contribution in [0, 0.1) is 6.92 Å². The molecule has 0 bridgehead atoms. The Hall–Kier alpha value is -0.860. The van der Waals surface area contributed by atoms with E-state index in [9.17, 15) is 0 Å². The van der Waals surface area contributed by atoms with Crippen LogP contribution in [0.2, 0.25) is 0 Å². The molecule has 1 aromatic carbocycles. The summed E-state index contributed by atoms with van der Waals surface area (Å²) in [6.07, 6.45) is 3.38. The minimum atomic E-state index is 0.00745. The Kier molecular flexibility index (Phi) is 3.62. The van der Waals surface area contributed by atoms with Crippen LogP contribution in [0.1, 0.15) is 24.0 Å². The maximum atomic E-state index is 5.75. The third-order valence-electron chi connectivity index (χ3n) is 3.51. The van der Waals surface area contributed by atoms with Crippen LogP contribution in [-0.4, -0.2) is 25.8 Å². The fourth-order valence-corrected chi connectivity index (χ4v) is 2.42. The summed E-state index contributed by atoms with van der Waals surface area (Å²) in [5.41, 5.74) is 2.70. The first-order valence-electron chi connectivity index (χ1n) is 6.06. The van der Waals surface area contributed by atoms with E-state index in [-0.39, 0.29) is 5.60 Å². The van der Waals surface area contributed by atoms with Crippen molar-refractivity contribution in [2.45, 2.75) is 31.8 Å². The van der Waals surface area contributed by atoms with Crippen molar-refractivity contribution < 1.29 is 4.74 Å². The minimum Gasteiger partial charge on any atom is -0.377 e. The van der Waals surface area contributed by atoms with Crippen LogP contribution >= 0.6 is 0 Å². The maximum Gasteiger partial charge on any atom is 0.0843 e. The second kappa shape index (κ2) is 4.98. The summed E-state index contributed by atoms with van der Waals surface area (Å²) in [6.45, 7) is 4.22. The Labute approximate surface area is 98.0 Å². The first-order chi connectivity index (χ1) is 7.74. The highest BCUT2D eigenvalue weighted by molar-refractivity contribution is 5.23. The van der Waals surface area contributed by atoms with Crippen LogP contribution in [0.25, 0.3) is 0 Å². The van der Waals surface area contributed by atoms with Gasteiger partial charge in [0.1, 0.15) is 0 Å². The fourth-order valence-electron chi connectivity index (χ4n) is 2.42. The summed E-state index contributed by atoms with van der Waals surface area (Å²) < 4.78 is 5.75. The minimum absolute atomic E-state index is 0.00745. The lowest BCUT2D eigenvalue weighted by atomic mass is 9.87. The predicted molar refractivity (Wildman–Crippen MR) is 66.7 cm³/mol. The first kappa shape index (κ1) is 11.6. The van der Waals surface area contributed by atoms with E-state index in [1.54, 1.807) is 0 Å². The standard InChI is InChI=1S/C14H21NO/c1-12-4-6-13(7-5-12)10-14(16-2)8-3-9-15-11-14/h4-7,15H,3,8-11H2,1-2H3. The zero-order chi connectivity index (χ0) is 11.4. The zero-order valence-electron chi connectivity index (χ0n) is 10.3. The zero-order valence-corrected chi connectivity index (χ0v) is 10.3. The van der Waals surface area contributed by atoms with Gasteiger partial charge in [-0.05, 0) is 31.9 Å². The summed E-state index contributed by atoms with van der Waals surface area (Å²) in [5.74, 6) is 0. The highest BCUT2D eigenvalue weighted by Crippen LogP contribution is 2.25. The Morgan fingerprint density at radius 1 is 1.31 bits per heavy atom. The summed E-state index contributed by atoms with van der Waals surface area (Å²) in [7, 11) is 1.83. The van der Waals surface area contributed by atoms with Crippen LogP contribution in [0.5, 0.6) is 0 Å². The van der Waals surface area contributed by atoms with Crippen molar-refractivity contribution in [1.29, 1.82) is 0 Å². The van der Waals surface area contributed by atoms with Gasteiger partial charge in [0.05, 0.1) is 5.60 Å². The highest BCUT2D eigenvalue weighted by Gasteiger charge is 2.31. The molecule has 1 unspecified atom stereocenters. The van der Waals surface area contributed by atoms with E-state index in [0.717, 1.165) is 25.9 Å². The third-order valence-corrected chi connectivity index (χ3v) is 3.51. The molecule has 2 nitrogen and oxygen atoms in total. The molecule has 0 spiro atoms. The molecule has 0 saturated carbocycles. The van der Waals surface area contributed by atoms with Crippen molar-refractivity contribution in [3.8, 4) is 0 Å². The molecule has 1 heterocycles. The molecular weight excluding hydrogens is 198 g/mol. The largest absolute Gasteiger partial charge is 0.377 e. The van der Waals surface area contributed by atoms with E-state index < -0.39 is 0 Å². The number of piperidine rings is 1. The summed E-state index contributed by atoms with van der Waals surface area (Å²) in [5, 5.41) is 3.43. The average molecular weight is 219 g/mol. The third kappa shape index (κ3) is 2.63. The van der Waals surface area contributed by atoms with Gasteiger partial charge in [-0.25, -0.2) is 0 Å². The molecule has 0 aliphatic carbocycles. The van der Waals surface area contributed by atoms with Gasteiger partial charge < -0.3 is 10.1 Å². The number of hydrogen-bond acceptors (Lipinski definition) is 2. The molecule has 0 radical (unpaired) electrons. The van der Waals surface area contributed by atoms with Gasteiger partial charge in [0, 0.05) is 20.1 Å². The molecule has 1 aliphatic rings. The van der Waals surface area contributed by atoms with E-state index in [4.69, 9.17) is 4.74 Å². The molecule has 1 atom stereocenters. The molecule has 1 fully saturated rings. The van der Waals surface area contributed by atoms with Crippen molar-refractivity contribution in [2.24, 2.45) is 0 Å². The summed E-state index contributed by atoms with van der Waals surface area (Å²) in [6, 6.07) is 8.78. The predicted octanol–water partition coefficient (Wildman–Crippen LogP) is 2.31. The molecule has 0 amide bonds. The van der Waals surface area contributed by atoms with Crippen LogP contribution in [0.15, 0.2) is 24.3 Å². The molecule has 2 heteroatoms. The number of hydrogen-bond donors (Lipinski definition) is 1. The molecule has 1 saturated heterocycles. The number of ether oxygens (including phenoxy) is 1. The van der Waals surface area contributed by atoms with Crippen molar-refractivity contribution in [3.63, 3.8) is 0 Å². The summed E-state index contributed by atoms with van der Waals surface area (Å²) >= 11 is 0. The van der Waals surface area contributed by atoms with E-state index in [1.165, 1.54) is 17.5 Å². The monoisotopic (exact) mass is 219 g/mol. The lowest BCUT2D eigenvalue weighted by molar-refractivity contribution is -0.0278. The number of benzene rings is 1.